The van der Waals surface area contributed by atoms with E-state index in [-0.39, 0.29) is 5.69 Å². The number of hydrogen-bond donors (Lipinski definition) is 1. The Kier molecular flexibility index (Phi) is 3.41. The van der Waals surface area contributed by atoms with Gasteiger partial charge in [-0.05, 0) is 6.07 Å². The highest BCUT2D eigenvalue weighted by atomic mass is 16.4. The number of nitrogens with zero attached hydrogens (tertiary/aromatic N) is 3. The highest BCUT2D eigenvalue weighted by molar-refractivity contribution is 5.86. The summed E-state index contributed by atoms with van der Waals surface area (Å²) in [4.78, 5) is 19.3. The van der Waals surface area contributed by atoms with Gasteiger partial charge in [0.05, 0.1) is 6.54 Å². The van der Waals surface area contributed by atoms with Crippen LogP contribution in [-0.2, 0) is 6.54 Å². The number of carboxylic acids is 1. The molecule has 1 N–H and O–H groups in total. The summed E-state index contributed by atoms with van der Waals surface area (Å²) in [7, 11) is 0. The van der Waals surface area contributed by atoms with Crippen molar-refractivity contribution in [2.45, 2.75) is 26.3 Å². The van der Waals surface area contributed by atoms with E-state index in [1.807, 2.05) is 10.8 Å². The van der Waals surface area contributed by atoms with Crippen LogP contribution in [-0.4, -0.2) is 25.6 Å². The van der Waals surface area contributed by atoms with Crippen LogP contribution in [0.5, 0.6) is 0 Å². The van der Waals surface area contributed by atoms with Crippen LogP contribution in [0.4, 0.5) is 0 Å². The molecule has 0 aliphatic rings. The number of pyridine rings is 1. The molecule has 5 nitrogen and oxygen atoms in total. The van der Waals surface area contributed by atoms with Gasteiger partial charge >= 0.3 is 5.97 Å². The molecular weight excluding hydrogens is 230 g/mol. The number of hydrogen-bond acceptors (Lipinski definition) is 3. The van der Waals surface area contributed by atoms with E-state index in [2.05, 4.69) is 23.8 Å². The molecule has 2 aromatic rings. The normalized spacial score (nSPS) is 10.8. The van der Waals surface area contributed by atoms with Gasteiger partial charge in [0, 0.05) is 30.1 Å². The highest BCUT2D eigenvalue weighted by Gasteiger charge is 2.13. The lowest BCUT2D eigenvalue weighted by Gasteiger charge is -2.11. The van der Waals surface area contributed by atoms with Gasteiger partial charge in [-0.25, -0.2) is 14.8 Å². The van der Waals surface area contributed by atoms with E-state index in [9.17, 15) is 4.79 Å². The summed E-state index contributed by atoms with van der Waals surface area (Å²) in [6.07, 6.45) is 5.07. The maximum Gasteiger partial charge on any atom is 0.354 e. The standard InChI is InChI=1S/C13H15N3O2/c1-9(2)12-15-6-7-16(12)8-10-4-3-5-14-11(10)13(17)18/h3-7,9H,8H2,1-2H3,(H,17,18). The second-order valence-electron chi connectivity index (χ2n) is 4.38. The fraction of sp³-hybridized carbons (Fsp3) is 0.308. The maximum atomic E-state index is 11.1. The van der Waals surface area contributed by atoms with E-state index in [1.54, 1.807) is 18.3 Å². The molecule has 0 atom stereocenters. The summed E-state index contributed by atoms with van der Waals surface area (Å²) in [5.41, 5.74) is 0.783. The molecule has 0 spiro atoms. The monoisotopic (exact) mass is 245 g/mol. The van der Waals surface area contributed by atoms with Crippen molar-refractivity contribution in [2.75, 3.05) is 0 Å². The third-order valence-electron chi connectivity index (χ3n) is 2.70. The van der Waals surface area contributed by atoms with Crippen LogP contribution in [0.15, 0.2) is 30.7 Å². The minimum absolute atomic E-state index is 0.0981. The first-order chi connectivity index (χ1) is 8.59. The van der Waals surface area contributed by atoms with E-state index >= 15 is 0 Å². The third kappa shape index (κ3) is 2.40. The van der Waals surface area contributed by atoms with Crippen molar-refractivity contribution in [3.8, 4) is 0 Å². The van der Waals surface area contributed by atoms with Gasteiger partial charge < -0.3 is 9.67 Å². The van der Waals surface area contributed by atoms with Crippen LogP contribution < -0.4 is 0 Å². The maximum absolute atomic E-state index is 11.1. The number of rotatable bonds is 4. The number of carbonyl (C=O) groups is 1. The fourth-order valence-electron chi connectivity index (χ4n) is 1.90. The summed E-state index contributed by atoms with van der Waals surface area (Å²) in [5, 5.41) is 9.09. The van der Waals surface area contributed by atoms with Gasteiger partial charge in [-0.1, -0.05) is 19.9 Å². The van der Waals surface area contributed by atoms with Gasteiger partial charge in [-0.2, -0.15) is 0 Å². The van der Waals surface area contributed by atoms with Crippen LogP contribution in [0.3, 0.4) is 0 Å². The van der Waals surface area contributed by atoms with E-state index < -0.39 is 5.97 Å². The van der Waals surface area contributed by atoms with Gasteiger partial charge in [0.15, 0.2) is 5.69 Å². The van der Waals surface area contributed by atoms with Crippen LogP contribution in [0.2, 0.25) is 0 Å². The zero-order valence-corrected chi connectivity index (χ0v) is 10.4. The molecule has 2 heterocycles. The molecule has 0 aliphatic heterocycles. The van der Waals surface area contributed by atoms with Gasteiger partial charge in [-0.15, -0.1) is 0 Å². The second-order valence-corrected chi connectivity index (χ2v) is 4.38. The molecule has 5 heteroatoms. The van der Waals surface area contributed by atoms with Gasteiger partial charge in [0.2, 0.25) is 0 Å². The van der Waals surface area contributed by atoms with Crippen molar-refractivity contribution in [2.24, 2.45) is 0 Å². The average Bonchev–Trinajstić information content (AvgIpc) is 2.77. The molecule has 0 amide bonds. The summed E-state index contributed by atoms with van der Waals surface area (Å²) >= 11 is 0. The van der Waals surface area contributed by atoms with Gasteiger partial charge in [0.1, 0.15) is 5.82 Å². The van der Waals surface area contributed by atoms with E-state index in [0.717, 1.165) is 5.82 Å². The molecule has 0 unspecified atom stereocenters. The molecular formula is C13H15N3O2. The molecule has 0 saturated heterocycles. The van der Waals surface area contributed by atoms with E-state index in [4.69, 9.17) is 5.11 Å². The van der Waals surface area contributed by atoms with E-state index in [0.29, 0.717) is 18.0 Å². The van der Waals surface area contributed by atoms with Crippen LogP contribution >= 0.6 is 0 Å². The Morgan fingerprint density at radius 2 is 2.17 bits per heavy atom. The van der Waals surface area contributed by atoms with Crippen molar-refractivity contribution in [3.05, 3.63) is 47.8 Å². The zero-order chi connectivity index (χ0) is 13.1. The lowest BCUT2D eigenvalue weighted by molar-refractivity contribution is 0.0689. The minimum Gasteiger partial charge on any atom is -0.477 e. The molecule has 0 saturated carbocycles. The Morgan fingerprint density at radius 3 is 2.83 bits per heavy atom. The Bertz CT molecular complexity index is 561. The Morgan fingerprint density at radius 1 is 1.39 bits per heavy atom. The van der Waals surface area contributed by atoms with Crippen LogP contribution in [0, 0.1) is 0 Å². The van der Waals surface area contributed by atoms with Crippen molar-refractivity contribution >= 4 is 5.97 Å². The molecule has 94 valence electrons. The Labute approximate surface area is 105 Å². The SMILES string of the molecule is CC(C)c1nccn1Cc1cccnc1C(=O)O. The van der Waals surface area contributed by atoms with Crippen molar-refractivity contribution < 1.29 is 9.90 Å². The molecule has 0 radical (unpaired) electrons. The molecule has 2 rings (SSSR count). The molecule has 0 fully saturated rings. The number of imidazole rings is 1. The second kappa shape index (κ2) is 5.00. The number of aromatic carboxylic acids is 1. The summed E-state index contributed by atoms with van der Waals surface area (Å²) in [6.45, 7) is 4.59. The number of carboxylic acid groups (broad SMARTS) is 1. The van der Waals surface area contributed by atoms with Crippen LogP contribution in [0.1, 0.15) is 41.6 Å². The predicted octanol–water partition coefficient (Wildman–Crippen LogP) is 2.15. The number of aromatic nitrogens is 3. The largest absolute Gasteiger partial charge is 0.477 e. The highest BCUT2D eigenvalue weighted by Crippen LogP contribution is 2.15. The first-order valence-corrected chi connectivity index (χ1v) is 5.77. The lowest BCUT2D eigenvalue weighted by Crippen LogP contribution is -2.11. The lowest BCUT2D eigenvalue weighted by atomic mass is 10.1. The van der Waals surface area contributed by atoms with Crippen molar-refractivity contribution in [3.63, 3.8) is 0 Å². The summed E-state index contributed by atoms with van der Waals surface area (Å²) < 4.78 is 1.95. The summed E-state index contributed by atoms with van der Waals surface area (Å²) in [5.74, 6) is 0.233. The Hall–Kier alpha value is -2.17. The predicted molar refractivity (Wildman–Crippen MR) is 66.6 cm³/mol. The molecule has 18 heavy (non-hydrogen) atoms. The first kappa shape index (κ1) is 12.3. The Balaban J connectivity index is 2.34. The van der Waals surface area contributed by atoms with E-state index in [1.165, 1.54) is 6.20 Å². The first-order valence-electron chi connectivity index (χ1n) is 5.77. The average molecular weight is 245 g/mol. The third-order valence-corrected chi connectivity index (χ3v) is 2.70. The smallest absolute Gasteiger partial charge is 0.354 e. The summed E-state index contributed by atoms with van der Waals surface area (Å²) in [6, 6.07) is 3.52. The topological polar surface area (TPSA) is 68.0 Å². The van der Waals surface area contributed by atoms with Gasteiger partial charge in [0.25, 0.3) is 0 Å². The van der Waals surface area contributed by atoms with Crippen molar-refractivity contribution in [1.82, 2.24) is 14.5 Å². The van der Waals surface area contributed by atoms with Gasteiger partial charge in [-0.3, -0.25) is 0 Å². The molecule has 0 aliphatic carbocycles. The van der Waals surface area contributed by atoms with Crippen LogP contribution in [0.25, 0.3) is 0 Å². The van der Waals surface area contributed by atoms with Crippen molar-refractivity contribution in [1.29, 1.82) is 0 Å². The zero-order valence-electron chi connectivity index (χ0n) is 10.4. The molecule has 0 bridgehead atoms. The fourth-order valence-corrected chi connectivity index (χ4v) is 1.90. The quantitative estimate of drug-likeness (QED) is 0.896. The molecule has 2 aromatic heterocycles. The molecule has 0 aromatic carbocycles. The minimum atomic E-state index is -1.00.